The summed E-state index contributed by atoms with van der Waals surface area (Å²) < 4.78 is 17.8. The number of methoxy groups -OCH3 is 1. The van der Waals surface area contributed by atoms with Gasteiger partial charge in [0.1, 0.15) is 12.2 Å². The first-order valence-electron chi connectivity index (χ1n) is 8.94. The maximum Gasteiger partial charge on any atom is 0.164 e. The summed E-state index contributed by atoms with van der Waals surface area (Å²) in [7, 11) is 1.76. The Kier molecular flexibility index (Phi) is 6.09. The van der Waals surface area contributed by atoms with Crippen LogP contribution in [-0.2, 0) is 14.2 Å². The predicted octanol–water partition coefficient (Wildman–Crippen LogP) is 3.29. The first kappa shape index (κ1) is 18.7. The van der Waals surface area contributed by atoms with Gasteiger partial charge in [-0.15, -0.1) is 0 Å². The fraction of sp³-hybridized carbons (Fsp3) is 0.944. The Hall–Kier alpha value is -0.650. The van der Waals surface area contributed by atoms with Gasteiger partial charge in [-0.25, -0.2) is 0 Å². The second-order valence-electron chi connectivity index (χ2n) is 7.90. The van der Waals surface area contributed by atoms with Crippen LogP contribution in [0.25, 0.3) is 0 Å². The highest BCUT2D eigenvalue weighted by atomic mass is 16.7. The topological polar surface area (TPSA) is 43.3 Å². The zero-order chi connectivity index (χ0) is 17.2. The lowest BCUT2D eigenvalue weighted by Crippen LogP contribution is -2.55. The molecule has 0 unspecified atom stereocenters. The van der Waals surface area contributed by atoms with Crippen molar-refractivity contribution < 1.29 is 14.2 Å². The summed E-state index contributed by atoms with van der Waals surface area (Å²) >= 11 is 0. The molecule has 134 valence electrons. The van der Waals surface area contributed by atoms with Gasteiger partial charge in [-0.2, -0.15) is 5.10 Å². The van der Waals surface area contributed by atoms with E-state index in [4.69, 9.17) is 19.3 Å². The van der Waals surface area contributed by atoms with Crippen molar-refractivity contribution in [3.8, 4) is 0 Å². The number of hydrogen-bond acceptors (Lipinski definition) is 5. The van der Waals surface area contributed by atoms with Crippen molar-refractivity contribution in [2.45, 2.75) is 78.4 Å². The molecule has 0 bridgehead atoms. The van der Waals surface area contributed by atoms with Crippen molar-refractivity contribution in [1.82, 2.24) is 5.01 Å². The lowest BCUT2D eigenvalue weighted by Gasteiger charge is -2.45. The van der Waals surface area contributed by atoms with Gasteiger partial charge >= 0.3 is 0 Å². The van der Waals surface area contributed by atoms with Gasteiger partial charge < -0.3 is 14.2 Å². The molecule has 0 saturated carbocycles. The molecule has 2 heterocycles. The zero-order valence-corrected chi connectivity index (χ0v) is 15.8. The molecule has 0 aromatic carbocycles. The van der Waals surface area contributed by atoms with Gasteiger partial charge in [0.2, 0.25) is 0 Å². The Morgan fingerprint density at radius 3 is 2.22 bits per heavy atom. The molecule has 5 nitrogen and oxygen atoms in total. The monoisotopic (exact) mass is 326 g/mol. The Morgan fingerprint density at radius 1 is 1.17 bits per heavy atom. The Labute approximate surface area is 141 Å². The van der Waals surface area contributed by atoms with E-state index in [0.717, 1.165) is 31.7 Å². The highest BCUT2D eigenvalue weighted by Crippen LogP contribution is 2.33. The highest BCUT2D eigenvalue weighted by Gasteiger charge is 2.43. The molecule has 0 amide bonds. The summed E-state index contributed by atoms with van der Waals surface area (Å²) in [6.07, 6.45) is 2.29. The van der Waals surface area contributed by atoms with Crippen LogP contribution in [0.3, 0.4) is 0 Å². The Bertz CT molecular complexity index is 398. The molecule has 5 heteroatoms. The van der Waals surface area contributed by atoms with Gasteiger partial charge in [-0.1, -0.05) is 27.7 Å². The molecule has 2 fully saturated rings. The van der Waals surface area contributed by atoms with Gasteiger partial charge in [0.15, 0.2) is 5.79 Å². The van der Waals surface area contributed by atoms with E-state index >= 15 is 0 Å². The van der Waals surface area contributed by atoms with E-state index in [1.165, 1.54) is 0 Å². The molecule has 0 aromatic heterocycles. The molecule has 23 heavy (non-hydrogen) atoms. The number of hydrazone groups is 1. The van der Waals surface area contributed by atoms with Crippen LogP contribution in [0.4, 0.5) is 0 Å². The first-order valence-corrected chi connectivity index (χ1v) is 8.94. The van der Waals surface area contributed by atoms with Gasteiger partial charge in [0.05, 0.1) is 18.4 Å². The molecular weight excluding hydrogens is 292 g/mol. The van der Waals surface area contributed by atoms with E-state index in [2.05, 4.69) is 32.7 Å². The summed E-state index contributed by atoms with van der Waals surface area (Å²) in [6.45, 7) is 14.5. The van der Waals surface area contributed by atoms with Crippen LogP contribution in [-0.4, -0.2) is 55.0 Å². The third kappa shape index (κ3) is 4.46. The van der Waals surface area contributed by atoms with E-state index in [1.54, 1.807) is 7.11 Å². The van der Waals surface area contributed by atoms with Crippen LogP contribution in [0.2, 0.25) is 0 Å². The Morgan fingerprint density at radius 2 is 1.74 bits per heavy atom. The number of ether oxygens (including phenoxy) is 3. The second kappa shape index (κ2) is 7.49. The van der Waals surface area contributed by atoms with Crippen LogP contribution in [0.15, 0.2) is 5.10 Å². The first-order chi connectivity index (χ1) is 10.7. The molecule has 0 spiro atoms. The van der Waals surface area contributed by atoms with Crippen LogP contribution < -0.4 is 0 Å². The van der Waals surface area contributed by atoms with Gasteiger partial charge in [-0.05, 0) is 38.5 Å². The Balaban J connectivity index is 2.31. The van der Waals surface area contributed by atoms with E-state index in [9.17, 15) is 0 Å². The molecule has 0 N–H and O–H groups in total. The van der Waals surface area contributed by atoms with Crippen LogP contribution in [0.5, 0.6) is 0 Å². The standard InChI is InChI=1S/C18H34N2O3/c1-12(2)16-15(17(13(3)4)23-18(5,6)22-16)19-20-10-8-9-14(20)11-21-7/h12-14,16-17H,8-11H2,1-7H3/t14-,16-,17-/m0/s1. The molecule has 0 aromatic rings. The van der Waals surface area contributed by atoms with E-state index in [0.29, 0.717) is 17.9 Å². The van der Waals surface area contributed by atoms with Crippen LogP contribution in [0, 0.1) is 11.8 Å². The maximum atomic E-state index is 6.22. The minimum atomic E-state index is -0.570. The largest absolute Gasteiger partial charge is 0.382 e. The molecule has 2 saturated heterocycles. The highest BCUT2D eigenvalue weighted by molar-refractivity contribution is 5.93. The molecule has 3 atom stereocenters. The normalized spacial score (nSPS) is 31.3. The minimum Gasteiger partial charge on any atom is -0.382 e. The van der Waals surface area contributed by atoms with Gasteiger partial charge in [0.25, 0.3) is 0 Å². The molecule has 2 aliphatic heterocycles. The smallest absolute Gasteiger partial charge is 0.164 e. The van der Waals surface area contributed by atoms with Crippen molar-refractivity contribution >= 4 is 5.71 Å². The van der Waals surface area contributed by atoms with Gasteiger partial charge in [-0.3, -0.25) is 5.01 Å². The summed E-state index contributed by atoms with van der Waals surface area (Å²) in [5, 5.41) is 7.22. The molecule has 2 aliphatic rings. The van der Waals surface area contributed by atoms with Crippen LogP contribution in [0.1, 0.15) is 54.4 Å². The number of rotatable bonds is 5. The predicted molar refractivity (Wildman–Crippen MR) is 92.5 cm³/mol. The summed E-state index contributed by atoms with van der Waals surface area (Å²) in [5.74, 6) is 0.156. The molecule has 0 aliphatic carbocycles. The van der Waals surface area contributed by atoms with E-state index < -0.39 is 5.79 Å². The van der Waals surface area contributed by atoms with E-state index in [-0.39, 0.29) is 12.2 Å². The number of hydrogen-bond donors (Lipinski definition) is 0. The maximum absolute atomic E-state index is 6.22. The summed E-state index contributed by atoms with van der Waals surface area (Å²) in [5.41, 5.74) is 1.04. The minimum absolute atomic E-state index is 0.00468. The van der Waals surface area contributed by atoms with Crippen molar-refractivity contribution in [2.24, 2.45) is 16.9 Å². The van der Waals surface area contributed by atoms with Crippen LogP contribution >= 0.6 is 0 Å². The lowest BCUT2D eigenvalue weighted by molar-refractivity contribution is -0.268. The third-order valence-electron chi connectivity index (χ3n) is 4.56. The van der Waals surface area contributed by atoms with E-state index in [1.807, 2.05) is 13.8 Å². The van der Waals surface area contributed by atoms with Crippen molar-refractivity contribution in [3.63, 3.8) is 0 Å². The fourth-order valence-electron chi connectivity index (χ4n) is 3.45. The second-order valence-corrected chi connectivity index (χ2v) is 7.90. The third-order valence-corrected chi connectivity index (χ3v) is 4.56. The quantitative estimate of drug-likeness (QED) is 0.777. The molecule has 0 radical (unpaired) electrons. The fourth-order valence-corrected chi connectivity index (χ4v) is 3.45. The van der Waals surface area contributed by atoms with Crippen molar-refractivity contribution in [2.75, 3.05) is 20.3 Å². The SMILES string of the molecule is COC[C@@H]1CCCN1N=C1[C@H](C(C)C)OC(C)(C)O[C@H]1C(C)C. The summed E-state index contributed by atoms with van der Waals surface area (Å²) in [6, 6.07) is 0.364. The molecule has 2 rings (SSSR count). The summed E-state index contributed by atoms with van der Waals surface area (Å²) in [4.78, 5) is 0. The average Bonchev–Trinajstić information content (AvgIpc) is 2.87. The van der Waals surface area contributed by atoms with Crippen molar-refractivity contribution in [3.05, 3.63) is 0 Å². The van der Waals surface area contributed by atoms with Crippen molar-refractivity contribution in [1.29, 1.82) is 0 Å². The zero-order valence-electron chi connectivity index (χ0n) is 15.8. The number of nitrogens with zero attached hydrogens (tertiary/aromatic N) is 2. The van der Waals surface area contributed by atoms with Gasteiger partial charge in [0, 0.05) is 13.7 Å². The lowest BCUT2D eigenvalue weighted by atomic mass is 9.91. The average molecular weight is 326 g/mol. The molecular formula is C18H34N2O3.